The molecule has 0 amide bonds. The van der Waals surface area contributed by atoms with Crippen molar-refractivity contribution in [3.8, 4) is 0 Å². The summed E-state index contributed by atoms with van der Waals surface area (Å²) >= 11 is 1.71. The topological polar surface area (TPSA) is 37.3 Å². The van der Waals surface area contributed by atoms with Crippen LogP contribution in [-0.2, 0) is 0 Å². The lowest BCUT2D eigenvalue weighted by molar-refractivity contribution is 0.0697. The number of carboxylic acid groups (broad SMARTS) is 1. The van der Waals surface area contributed by atoms with E-state index in [1.54, 1.807) is 30.0 Å². The van der Waals surface area contributed by atoms with Crippen molar-refractivity contribution in [3.63, 3.8) is 0 Å². The van der Waals surface area contributed by atoms with Gasteiger partial charge in [0.25, 0.3) is 0 Å². The molecule has 0 fully saturated rings. The molecule has 0 saturated carbocycles. The van der Waals surface area contributed by atoms with Gasteiger partial charge < -0.3 is 5.11 Å². The summed E-state index contributed by atoms with van der Waals surface area (Å²) in [4.78, 5) is 10.7. The minimum Gasteiger partial charge on any atom is -0.478 e. The molecule has 0 heterocycles. The van der Waals surface area contributed by atoms with E-state index >= 15 is 0 Å². The largest absolute Gasteiger partial charge is 0.478 e. The first-order valence-electron chi connectivity index (χ1n) is 4.01. The van der Waals surface area contributed by atoms with Gasteiger partial charge in [-0.3, -0.25) is 0 Å². The zero-order chi connectivity index (χ0) is 9.84. The molecule has 0 aliphatic heterocycles. The summed E-state index contributed by atoms with van der Waals surface area (Å²) in [6.45, 7) is 2.06. The molecule has 1 atom stereocenters. The van der Waals surface area contributed by atoms with Crippen LogP contribution in [0.25, 0.3) is 0 Å². The van der Waals surface area contributed by atoms with Crippen LogP contribution in [0.15, 0.2) is 24.3 Å². The van der Waals surface area contributed by atoms with Crippen molar-refractivity contribution in [1.82, 2.24) is 0 Å². The molecule has 3 heteroatoms. The maximum absolute atomic E-state index is 10.7. The van der Waals surface area contributed by atoms with Crippen molar-refractivity contribution >= 4 is 17.7 Å². The van der Waals surface area contributed by atoms with Crippen LogP contribution in [0.2, 0.25) is 0 Å². The summed E-state index contributed by atoms with van der Waals surface area (Å²) < 4.78 is 0. The molecule has 0 spiro atoms. The normalized spacial score (nSPS) is 12.5. The van der Waals surface area contributed by atoms with Gasteiger partial charge in [0, 0.05) is 5.25 Å². The highest BCUT2D eigenvalue weighted by molar-refractivity contribution is 7.98. The molecule has 1 unspecified atom stereocenters. The van der Waals surface area contributed by atoms with Crippen molar-refractivity contribution in [2.75, 3.05) is 6.26 Å². The number of aromatic carboxylic acids is 1. The highest BCUT2D eigenvalue weighted by atomic mass is 32.2. The summed E-state index contributed by atoms with van der Waals surface area (Å²) in [6.07, 6.45) is 2.01. The Balaban J connectivity index is 2.98. The highest BCUT2D eigenvalue weighted by Gasteiger charge is 2.07. The lowest BCUT2D eigenvalue weighted by atomic mass is 10.1. The van der Waals surface area contributed by atoms with Gasteiger partial charge in [0.05, 0.1) is 5.56 Å². The molecule has 0 saturated heterocycles. The number of hydrogen-bond donors (Lipinski definition) is 1. The van der Waals surface area contributed by atoms with Gasteiger partial charge in [-0.2, -0.15) is 11.8 Å². The lowest BCUT2D eigenvalue weighted by Gasteiger charge is -2.08. The first kappa shape index (κ1) is 10.1. The van der Waals surface area contributed by atoms with Gasteiger partial charge in [-0.25, -0.2) is 4.79 Å². The van der Waals surface area contributed by atoms with Crippen molar-refractivity contribution in [2.45, 2.75) is 12.2 Å². The van der Waals surface area contributed by atoms with Gasteiger partial charge in [-0.05, 0) is 30.9 Å². The van der Waals surface area contributed by atoms with E-state index in [9.17, 15) is 4.79 Å². The van der Waals surface area contributed by atoms with Crippen LogP contribution < -0.4 is 0 Å². The second kappa shape index (κ2) is 4.33. The maximum Gasteiger partial charge on any atom is 0.335 e. The average Bonchev–Trinajstić information content (AvgIpc) is 2.17. The predicted molar refractivity (Wildman–Crippen MR) is 55.3 cm³/mol. The van der Waals surface area contributed by atoms with Crippen molar-refractivity contribution in [1.29, 1.82) is 0 Å². The molecule has 0 bridgehead atoms. The fourth-order valence-electron chi connectivity index (χ4n) is 1.06. The number of benzene rings is 1. The standard InChI is InChI=1S/C10H12O2S/c1-7(13-2)8-4-3-5-9(6-8)10(11)12/h3-7H,1-2H3,(H,11,12). The fraction of sp³-hybridized carbons (Fsp3) is 0.300. The monoisotopic (exact) mass is 196 g/mol. The summed E-state index contributed by atoms with van der Waals surface area (Å²) in [5, 5.41) is 9.10. The van der Waals surface area contributed by atoms with E-state index in [1.807, 2.05) is 12.3 Å². The van der Waals surface area contributed by atoms with Crippen LogP contribution in [0, 0.1) is 0 Å². The Morgan fingerprint density at radius 2 is 2.23 bits per heavy atom. The molecule has 1 aromatic rings. The third-order valence-electron chi connectivity index (χ3n) is 1.96. The molecular formula is C10H12O2S. The van der Waals surface area contributed by atoms with Gasteiger partial charge in [-0.15, -0.1) is 0 Å². The third kappa shape index (κ3) is 2.49. The van der Waals surface area contributed by atoms with Gasteiger partial charge in [0.2, 0.25) is 0 Å². The summed E-state index contributed by atoms with van der Waals surface area (Å²) in [6, 6.07) is 7.07. The maximum atomic E-state index is 10.7. The van der Waals surface area contributed by atoms with Gasteiger partial charge in [-0.1, -0.05) is 12.1 Å². The number of rotatable bonds is 3. The molecule has 0 aromatic heterocycles. The molecule has 0 radical (unpaired) electrons. The molecular weight excluding hydrogens is 184 g/mol. The smallest absolute Gasteiger partial charge is 0.335 e. The number of hydrogen-bond acceptors (Lipinski definition) is 2. The van der Waals surface area contributed by atoms with Crippen LogP contribution in [-0.4, -0.2) is 17.3 Å². The first-order valence-corrected chi connectivity index (χ1v) is 5.30. The highest BCUT2D eigenvalue weighted by Crippen LogP contribution is 2.25. The fourth-order valence-corrected chi connectivity index (χ4v) is 1.48. The van der Waals surface area contributed by atoms with Crippen LogP contribution >= 0.6 is 11.8 Å². The minimum atomic E-state index is -0.866. The van der Waals surface area contributed by atoms with Gasteiger partial charge in [0.15, 0.2) is 0 Å². The van der Waals surface area contributed by atoms with Crippen molar-refractivity contribution < 1.29 is 9.90 Å². The molecule has 1 aromatic carbocycles. The Bertz CT molecular complexity index is 310. The van der Waals surface area contributed by atoms with Crippen LogP contribution in [0.4, 0.5) is 0 Å². The summed E-state index contributed by atoms with van der Waals surface area (Å²) in [5.41, 5.74) is 1.42. The van der Waals surface area contributed by atoms with E-state index in [2.05, 4.69) is 6.92 Å². The van der Waals surface area contributed by atoms with E-state index in [1.165, 1.54) is 0 Å². The molecule has 1 rings (SSSR count). The Hall–Kier alpha value is -0.960. The molecule has 2 nitrogen and oxygen atoms in total. The number of carbonyl (C=O) groups is 1. The average molecular weight is 196 g/mol. The molecule has 70 valence electrons. The number of carboxylic acids is 1. The summed E-state index contributed by atoms with van der Waals surface area (Å²) in [7, 11) is 0. The second-order valence-electron chi connectivity index (χ2n) is 2.81. The lowest BCUT2D eigenvalue weighted by Crippen LogP contribution is -1.97. The molecule has 1 N–H and O–H groups in total. The second-order valence-corrected chi connectivity index (χ2v) is 3.99. The first-order chi connectivity index (χ1) is 6.15. The van der Waals surface area contributed by atoms with E-state index < -0.39 is 5.97 Å². The van der Waals surface area contributed by atoms with E-state index in [4.69, 9.17) is 5.11 Å². The molecule has 13 heavy (non-hydrogen) atoms. The Kier molecular flexibility index (Phi) is 3.37. The van der Waals surface area contributed by atoms with Gasteiger partial charge >= 0.3 is 5.97 Å². The Morgan fingerprint density at radius 1 is 1.54 bits per heavy atom. The minimum absolute atomic E-state index is 0.347. The molecule has 0 aliphatic carbocycles. The quantitative estimate of drug-likeness (QED) is 0.807. The zero-order valence-corrected chi connectivity index (χ0v) is 8.47. The SMILES string of the molecule is CSC(C)c1cccc(C(=O)O)c1. The van der Waals surface area contributed by atoms with E-state index in [0.717, 1.165) is 5.56 Å². The summed E-state index contributed by atoms with van der Waals surface area (Å²) in [5.74, 6) is -0.866. The van der Waals surface area contributed by atoms with E-state index in [-0.39, 0.29) is 0 Å². The number of thioether (sulfide) groups is 1. The Labute approximate surface area is 82.0 Å². The predicted octanol–water partition coefficient (Wildman–Crippen LogP) is 2.81. The van der Waals surface area contributed by atoms with Crippen molar-refractivity contribution in [2.24, 2.45) is 0 Å². The zero-order valence-electron chi connectivity index (χ0n) is 7.65. The third-order valence-corrected chi connectivity index (χ3v) is 2.94. The van der Waals surface area contributed by atoms with Crippen LogP contribution in [0.1, 0.15) is 28.1 Å². The van der Waals surface area contributed by atoms with Crippen LogP contribution in [0.3, 0.4) is 0 Å². The molecule has 0 aliphatic rings. The van der Waals surface area contributed by atoms with Crippen molar-refractivity contribution in [3.05, 3.63) is 35.4 Å². The van der Waals surface area contributed by atoms with Gasteiger partial charge in [0.1, 0.15) is 0 Å². The van der Waals surface area contributed by atoms with E-state index in [0.29, 0.717) is 10.8 Å². The Morgan fingerprint density at radius 3 is 2.77 bits per heavy atom. The van der Waals surface area contributed by atoms with Crippen LogP contribution in [0.5, 0.6) is 0 Å².